The van der Waals surface area contributed by atoms with E-state index in [1.54, 1.807) is 30.3 Å². The van der Waals surface area contributed by atoms with Gasteiger partial charge in [-0.05, 0) is 41.3 Å². The van der Waals surface area contributed by atoms with Gasteiger partial charge in [-0.25, -0.2) is 0 Å². The minimum absolute atomic E-state index is 0.0244. The molecule has 166 valence electrons. The molecule has 0 radical (unpaired) electrons. The number of aromatic nitrogens is 2. The van der Waals surface area contributed by atoms with Gasteiger partial charge in [0, 0.05) is 24.2 Å². The summed E-state index contributed by atoms with van der Waals surface area (Å²) < 4.78 is 15.7. The van der Waals surface area contributed by atoms with E-state index in [2.05, 4.69) is 41.5 Å². The van der Waals surface area contributed by atoms with Crippen molar-refractivity contribution in [2.24, 2.45) is 0 Å². The van der Waals surface area contributed by atoms with Crippen molar-refractivity contribution >= 4 is 11.8 Å². The smallest absolute Gasteiger partial charge is 0.316 e. The van der Waals surface area contributed by atoms with Crippen LogP contribution >= 0.6 is 0 Å². The summed E-state index contributed by atoms with van der Waals surface area (Å²) >= 11 is 0. The summed E-state index contributed by atoms with van der Waals surface area (Å²) in [7, 11) is 0. The molecule has 0 unspecified atom stereocenters. The lowest BCUT2D eigenvalue weighted by Crippen LogP contribution is -2.34. The molecule has 0 saturated heterocycles. The Morgan fingerprint density at radius 1 is 0.938 bits per heavy atom. The highest BCUT2D eigenvalue weighted by Crippen LogP contribution is 2.35. The number of nitrogens with one attached hydrogen (secondary N) is 2. The van der Waals surface area contributed by atoms with Crippen LogP contribution in [0, 0.1) is 0 Å². The summed E-state index contributed by atoms with van der Waals surface area (Å²) in [6, 6.07) is 12.7. The average molecular weight is 436 g/mol. The van der Waals surface area contributed by atoms with Crippen molar-refractivity contribution in [1.82, 2.24) is 20.8 Å². The number of carbonyl (C=O) groups is 2. The first-order chi connectivity index (χ1) is 15.3. The Balaban J connectivity index is 1.26. The molecule has 0 saturated carbocycles. The van der Waals surface area contributed by atoms with Gasteiger partial charge in [-0.15, -0.1) is 0 Å². The summed E-state index contributed by atoms with van der Waals surface area (Å²) in [6.07, 6.45) is 0. The number of nitrogens with zero attached hydrogens (tertiary/aromatic N) is 2. The van der Waals surface area contributed by atoms with Crippen LogP contribution in [0.2, 0.25) is 0 Å². The molecular weight excluding hydrogens is 412 g/mol. The molecule has 1 aliphatic heterocycles. The average Bonchev–Trinajstić information content (AvgIpc) is 3.45. The van der Waals surface area contributed by atoms with E-state index in [1.165, 1.54) is 0 Å². The fourth-order valence-corrected chi connectivity index (χ4v) is 3.12. The first-order valence-corrected chi connectivity index (χ1v) is 10.2. The van der Waals surface area contributed by atoms with Gasteiger partial charge in [-0.2, -0.15) is 4.98 Å². The number of ether oxygens (including phenoxy) is 2. The third-order valence-electron chi connectivity index (χ3n) is 4.96. The molecule has 0 fully saturated rings. The molecule has 4 rings (SSSR count). The Kier molecular flexibility index (Phi) is 5.81. The van der Waals surface area contributed by atoms with Crippen molar-refractivity contribution in [3.8, 4) is 22.9 Å². The molecule has 2 aromatic carbocycles. The van der Waals surface area contributed by atoms with E-state index in [0.717, 1.165) is 5.56 Å². The standard InChI is InChI=1S/C23H24N4O5/c1-23(2,3)16-7-4-14(5-8-16)20(28)24-10-11-25-21(29)22-26-19(27-32-22)15-6-9-17-18(12-15)31-13-30-17/h4-9,12H,10-11,13H2,1-3H3,(H,24,28)(H,25,29). The number of benzene rings is 2. The second kappa shape index (κ2) is 8.70. The first kappa shape index (κ1) is 21.4. The molecular formula is C23H24N4O5. The fraction of sp³-hybridized carbons (Fsp3) is 0.304. The fourth-order valence-electron chi connectivity index (χ4n) is 3.12. The van der Waals surface area contributed by atoms with E-state index in [9.17, 15) is 9.59 Å². The maximum atomic E-state index is 12.3. The summed E-state index contributed by atoms with van der Waals surface area (Å²) in [5.41, 5.74) is 2.38. The molecule has 2 heterocycles. The van der Waals surface area contributed by atoms with Crippen LogP contribution in [-0.2, 0) is 5.41 Å². The molecule has 9 nitrogen and oxygen atoms in total. The summed E-state index contributed by atoms with van der Waals surface area (Å²) in [5.74, 6) is 0.600. The highest BCUT2D eigenvalue weighted by Gasteiger charge is 2.19. The SMILES string of the molecule is CC(C)(C)c1ccc(C(=O)NCCNC(=O)c2nc(-c3ccc4c(c3)OCO4)no2)cc1. The van der Waals surface area contributed by atoms with Crippen LogP contribution in [0.1, 0.15) is 47.4 Å². The van der Waals surface area contributed by atoms with Gasteiger partial charge < -0.3 is 24.6 Å². The topological polar surface area (TPSA) is 116 Å². The van der Waals surface area contributed by atoms with Gasteiger partial charge in [0.15, 0.2) is 11.5 Å². The second-order valence-corrected chi connectivity index (χ2v) is 8.33. The third-order valence-corrected chi connectivity index (χ3v) is 4.96. The van der Waals surface area contributed by atoms with Crippen molar-refractivity contribution in [1.29, 1.82) is 0 Å². The van der Waals surface area contributed by atoms with E-state index < -0.39 is 5.91 Å². The van der Waals surface area contributed by atoms with E-state index in [0.29, 0.717) is 22.6 Å². The maximum Gasteiger partial charge on any atom is 0.316 e. The van der Waals surface area contributed by atoms with Crippen molar-refractivity contribution < 1.29 is 23.6 Å². The van der Waals surface area contributed by atoms with Gasteiger partial charge in [0.05, 0.1) is 0 Å². The number of fused-ring (bicyclic) bond motifs is 1. The van der Waals surface area contributed by atoms with Gasteiger partial charge in [0.2, 0.25) is 12.6 Å². The Labute approximate surface area is 185 Å². The van der Waals surface area contributed by atoms with Gasteiger partial charge in [-0.1, -0.05) is 38.1 Å². The highest BCUT2D eigenvalue weighted by atomic mass is 16.7. The number of hydrogen-bond donors (Lipinski definition) is 2. The number of rotatable bonds is 6. The number of carbonyl (C=O) groups excluding carboxylic acids is 2. The number of amides is 2. The van der Waals surface area contributed by atoms with Crippen LogP contribution < -0.4 is 20.1 Å². The molecule has 2 amide bonds. The van der Waals surface area contributed by atoms with Crippen molar-refractivity contribution in [2.75, 3.05) is 19.9 Å². The minimum Gasteiger partial charge on any atom is -0.454 e. The van der Waals surface area contributed by atoms with E-state index in [-0.39, 0.29) is 42.9 Å². The predicted octanol–water partition coefficient (Wildman–Crippen LogP) is 2.92. The lowest BCUT2D eigenvalue weighted by atomic mass is 9.87. The van der Waals surface area contributed by atoms with Gasteiger partial charge in [0.25, 0.3) is 5.91 Å². The molecule has 9 heteroatoms. The quantitative estimate of drug-likeness (QED) is 0.571. The molecule has 1 aromatic heterocycles. The Hall–Kier alpha value is -3.88. The summed E-state index contributed by atoms with van der Waals surface area (Å²) in [6.45, 7) is 6.99. The van der Waals surface area contributed by atoms with E-state index >= 15 is 0 Å². The van der Waals surface area contributed by atoms with Gasteiger partial charge in [-0.3, -0.25) is 9.59 Å². The van der Waals surface area contributed by atoms with Crippen molar-refractivity contribution in [3.05, 3.63) is 59.5 Å². The lowest BCUT2D eigenvalue weighted by Gasteiger charge is -2.19. The van der Waals surface area contributed by atoms with Crippen molar-refractivity contribution in [2.45, 2.75) is 26.2 Å². The van der Waals surface area contributed by atoms with Crippen LogP contribution in [0.5, 0.6) is 11.5 Å². The molecule has 0 spiro atoms. The third kappa shape index (κ3) is 4.72. The largest absolute Gasteiger partial charge is 0.454 e. The minimum atomic E-state index is -0.520. The van der Waals surface area contributed by atoms with Crippen LogP contribution in [0.4, 0.5) is 0 Å². The first-order valence-electron chi connectivity index (χ1n) is 10.2. The molecule has 0 bridgehead atoms. The van der Waals surface area contributed by atoms with Gasteiger partial charge in [0.1, 0.15) is 0 Å². The molecule has 2 N–H and O–H groups in total. The van der Waals surface area contributed by atoms with Gasteiger partial charge >= 0.3 is 11.8 Å². The van der Waals surface area contributed by atoms with Crippen LogP contribution in [0.25, 0.3) is 11.4 Å². The van der Waals surface area contributed by atoms with Crippen LogP contribution in [0.15, 0.2) is 47.0 Å². The Bertz CT molecular complexity index is 1130. The Morgan fingerprint density at radius 2 is 1.62 bits per heavy atom. The normalized spacial score (nSPS) is 12.5. The molecule has 0 aliphatic carbocycles. The zero-order chi connectivity index (χ0) is 22.7. The monoisotopic (exact) mass is 436 g/mol. The van der Waals surface area contributed by atoms with Crippen molar-refractivity contribution in [3.63, 3.8) is 0 Å². The van der Waals surface area contributed by atoms with Crippen LogP contribution in [0.3, 0.4) is 0 Å². The lowest BCUT2D eigenvalue weighted by molar-refractivity contribution is 0.0898. The molecule has 0 atom stereocenters. The van der Waals surface area contributed by atoms with E-state index in [4.69, 9.17) is 14.0 Å². The molecule has 32 heavy (non-hydrogen) atoms. The zero-order valence-corrected chi connectivity index (χ0v) is 18.1. The summed E-state index contributed by atoms with van der Waals surface area (Å²) in [5, 5.41) is 9.26. The molecule has 3 aromatic rings. The second-order valence-electron chi connectivity index (χ2n) is 8.33. The highest BCUT2D eigenvalue weighted by molar-refractivity contribution is 5.94. The van der Waals surface area contributed by atoms with E-state index in [1.807, 2.05) is 12.1 Å². The Morgan fingerprint density at radius 3 is 2.34 bits per heavy atom. The summed E-state index contributed by atoms with van der Waals surface area (Å²) in [4.78, 5) is 28.7. The number of hydrogen-bond acceptors (Lipinski definition) is 7. The predicted molar refractivity (Wildman–Crippen MR) is 116 cm³/mol. The zero-order valence-electron chi connectivity index (χ0n) is 18.1. The molecule has 1 aliphatic rings. The maximum absolute atomic E-state index is 12.3. The van der Waals surface area contributed by atoms with Crippen LogP contribution in [-0.4, -0.2) is 41.8 Å².